The standard InChI is InChI=1S/C18H22BrN/c1-3-14-9-11-15(12-10-14)13-18(20-4-2)16-7-5-6-8-17(16)19/h5-12,18,20H,3-4,13H2,1-2H3. The predicted molar refractivity (Wildman–Crippen MR) is 90.1 cm³/mol. The molecule has 0 aliphatic rings. The molecule has 0 aliphatic carbocycles. The fourth-order valence-corrected chi connectivity index (χ4v) is 3.00. The van der Waals surface area contributed by atoms with Crippen molar-refractivity contribution in [1.29, 1.82) is 0 Å². The average molecular weight is 332 g/mol. The Kier molecular flexibility index (Phi) is 5.81. The van der Waals surface area contributed by atoms with Crippen molar-refractivity contribution in [3.8, 4) is 0 Å². The SMILES string of the molecule is CCNC(Cc1ccc(CC)cc1)c1ccccc1Br. The summed E-state index contributed by atoms with van der Waals surface area (Å²) in [5, 5.41) is 3.59. The molecule has 1 unspecified atom stereocenters. The summed E-state index contributed by atoms with van der Waals surface area (Å²) in [6, 6.07) is 17.8. The van der Waals surface area contributed by atoms with Gasteiger partial charge < -0.3 is 5.32 Å². The highest BCUT2D eigenvalue weighted by molar-refractivity contribution is 9.10. The molecular formula is C18H22BrN. The first-order valence-electron chi connectivity index (χ1n) is 7.30. The molecule has 0 heterocycles. The molecule has 0 aliphatic heterocycles. The lowest BCUT2D eigenvalue weighted by atomic mass is 9.98. The maximum atomic E-state index is 3.66. The quantitative estimate of drug-likeness (QED) is 0.793. The zero-order valence-electron chi connectivity index (χ0n) is 12.2. The number of hydrogen-bond acceptors (Lipinski definition) is 1. The zero-order chi connectivity index (χ0) is 14.4. The van der Waals surface area contributed by atoms with Crippen LogP contribution in [-0.4, -0.2) is 6.54 Å². The molecule has 1 nitrogen and oxygen atoms in total. The van der Waals surface area contributed by atoms with Crippen LogP contribution in [0.1, 0.15) is 36.6 Å². The van der Waals surface area contributed by atoms with Gasteiger partial charge in [0.25, 0.3) is 0 Å². The number of nitrogens with one attached hydrogen (secondary N) is 1. The van der Waals surface area contributed by atoms with Gasteiger partial charge in [0.2, 0.25) is 0 Å². The molecule has 20 heavy (non-hydrogen) atoms. The van der Waals surface area contributed by atoms with Crippen molar-refractivity contribution in [3.63, 3.8) is 0 Å². The monoisotopic (exact) mass is 331 g/mol. The number of rotatable bonds is 6. The molecule has 0 saturated carbocycles. The van der Waals surface area contributed by atoms with E-state index in [1.807, 2.05) is 0 Å². The van der Waals surface area contributed by atoms with Crippen LogP contribution < -0.4 is 5.32 Å². The van der Waals surface area contributed by atoms with Crippen LogP contribution in [0, 0.1) is 0 Å². The van der Waals surface area contributed by atoms with E-state index < -0.39 is 0 Å². The molecule has 0 amide bonds. The first-order valence-corrected chi connectivity index (χ1v) is 8.09. The Bertz CT molecular complexity index is 533. The maximum absolute atomic E-state index is 3.66. The average Bonchev–Trinajstić information content (AvgIpc) is 2.48. The molecule has 0 spiro atoms. The minimum atomic E-state index is 0.350. The molecule has 0 radical (unpaired) electrons. The van der Waals surface area contributed by atoms with E-state index in [4.69, 9.17) is 0 Å². The van der Waals surface area contributed by atoms with Gasteiger partial charge >= 0.3 is 0 Å². The molecule has 106 valence electrons. The molecular weight excluding hydrogens is 310 g/mol. The van der Waals surface area contributed by atoms with E-state index in [0.29, 0.717) is 6.04 Å². The van der Waals surface area contributed by atoms with Crippen LogP contribution in [0.2, 0.25) is 0 Å². The third kappa shape index (κ3) is 3.94. The Morgan fingerprint density at radius 3 is 2.20 bits per heavy atom. The number of likely N-dealkylation sites (N-methyl/N-ethyl adjacent to an activating group) is 1. The summed E-state index contributed by atoms with van der Waals surface area (Å²) in [6.45, 7) is 5.32. The lowest BCUT2D eigenvalue weighted by Gasteiger charge is -2.20. The van der Waals surface area contributed by atoms with Crippen LogP contribution in [0.3, 0.4) is 0 Å². The molecule has 2 aromatic rings. The van der Waals surface area contributed by atoms with Gasteiger partial charge in [-0.05, 0) is 42.1 Å². The first kappa shape index (κ1) is 15.3. The lowest BCUT2D eigenvalue weighted by Crippen LogP contribution is -2.23. The van der Waals surface area contributed by atoms with Gasteiger partial charge in [0.1, 0.15) is 0 Å². The van der Waals surface area contributed by atoms with Crippen LogP contribution >= 0.6 is 15.9 Å². The molecule has 2 aromatic carbocycles. The van der Waals surface area contributed by atoms with Crippen LogP contribution in [-0.2, 0) is 12.8 Å². The van der Waals surface area contributed by atoms with Crippen molar-refractivity contribution < 1.29 is 0 Å². The Hall–Kier alpha value is -1.12. The summed E-state index contributed by atoms with van der Waals surface area (Å²) >= 11 is 3.66. The summed E-state index contributed by atoms with van der Waals surface area (Å²) in [7, 11) is 0. The smallest absolute Gasteiger partial charge is 0.0372 e. The van der Waals surface area contributed by atoms with Gasteiger partial charge in [0, 0.05) is 10.5 Å². The van der Waals surface area contributed by atoms with Gasteiger partial charge in [-0.1, -0.05) is 72.2 Å². The van der Waals surface area contributed by atoms with Crippen LogP contribution in [0.25, 0.3) is 0 Å². The van der Waals surface area contributed by atoms with Crippen molar-refractivity contribution >= 4 is 15.9 Å². The van der Waals surface area contributed by atoms with Gasteiger partial charge in [-0.3, -0.25) is 0 Å². The Morgan fingerprint density at radius 2 is 1.60 bits per heavy atom. The van der Waals surface area contributed by atoms with E-state index in [1.54, 1.807) is 0 Å². The summed E-state index contributed by atoms with van der Waals surface area (Å²) < 4.78 is 1.18. The minimum Gasteiger partial charge on any atom is -0.310 e. The summed E-state index contributed by atoms with van der Waals surface area (Å²) in [5.41, 5.74) is 4.10. The highest BCUT2D eigenvalue weighted by Crippen LogP contribution is 2.26. The van der Waals surface area contributed by atoms with Gasteiger partial charge in [-0.2, -0.15) is 0 Å². The van der Waals surface area contributed by atoms with Gasteiger partial charge in [-0.15, -0.1) is 0 Å². The summed E-state index contributed by atoms with van der Waals surface area (Å²) in [4.78, 5) is 0. The molecule has 2 rings (SSSR count). The minimum absolute atomic E-state index is 0.350. The van der Waals surface area contributed by atoms with Crippen LogP contribution in [0.5, 0.6) is 0 Å². The van der Waals surface area contributed by atoms with E-state index in [2.05, 4.69) is 83.6 Å². The molecule has 2 heteroatoms. The first-order chi connectivity index (χ1) is 9.74. The van der Waals surface area contributed by atoms with E-state index in [-0.39, 0.29) is 0 Å². The number of benzene rings is 2. The van der Waals surface area contributed by atoms with E-state index >= 15 is 0 Å². The number of aryl methyl sites for hydroxylation is 1. The van der Waals surface area contributed by atoms with Crippen LogP contribution in [0.4, 0.5) is 0 Å². The third-order valence-electron chi connectivity index (χ3n) is 3.60. The highest BCUT2D eigenvalue weighted by atomic mass is 79.9. The number of halogens is 1. The topological polar surface area (TPSA) is 12.0 Å². The second-order valence-corrected chi connectivity index (χ2v) is 5.86. The fraction of sp³-hybridized carbons (Fsp3) is 0.333. The maximum Gasteiger partial charge on any atom is 0.0372 e. The van der Waals surface area contributed by atoms with Crippen molar-refractivity contribution in [3.05, 3.63) is 69.7 Å². The number of hydrogen-bond donors (Lipinski definition) is 1. The second-order valence-electron chi connectivity index (χ2n) is 5.01. The van der Waals surface area contributed by atoms with E-state index in [0.717, 1.165) is 19.4 Å². The predicted octanol–water partition coefficient (Wildman–Crippen LogP) is 4.90. The van der Waals surface area contributed by atoms with Gasteiger partial charge in [0.15, 0.2) is 0 Å². The van der Waals surface area contributed by atoms with Crippen molar-refractivity contribution in [2.75, 3.05) is 6.54 Å². The molecule has 0 aromatic heterocycles. The molecule has 0 bridgehead atoms. The summed E-state index contributed by atoms with van der Waals surface area (Å²) in [6.07, 6.45) is 2.11. The van der Waals surface area contributed by atoms with Gasteiger partial charge in [0.05, 0.1) is 0 Å². The second kappa shape index (κ2) is 7.61. The Labute approximate surface area is 130 Å². The van der Waals surface area contributed by atoms with E-state index in [9.17, 15) is 0 Å². The van der Waals surface area contributed by atoms with E-state index in [1.165, 1.54) is 21.2 Å². The lowest BCUT2D eigenvalue weighted by molar-refractivity contribution is 0.548. The normalized spacial score (nSPS) is 12.3. The third-order valence-corrected chi connectivity index (χ3v) is 4.32. The Balaban J connectivity index is 2.18. The molecule has 0 fully saturated rings. The highest BCUT2D eigenvalue weighted by Gasteiger charge is 2.13. The van der Waals surface area contributed by atoms with Crippen LogP contribution in [0.15, 0.2) is 53.0 Å². The van der Waals surface area contributed by atoms with Gasteiger partial charge in [-0.25, -0.2) is 0 Å². The largest absolute Gasteiger partial charge is 0.310 e. The van der Waals surface area contributed by atoms with Crippen molar-refractivity contribution in [2.24, 2.45) is 0 Å². The summed E-state index contributed by atoms with van der Waals surface area (Å²) in [5.74, 6) is 0. The Morgan fingerprint density at radius 1 is 0.950 bits per heavy atom. The molecule has 1 N–H and O–H groups in total. The molecule has 1 atom stereocenters. The molecule has 0 saturated heterocycles. The fourth-order valence-electron chi connectivity index (χ4n) is 2.44. The van der Waals surface area contributed by atoms with Crippen molar-refractivity contribution in [1.82, 2.24) is 5.32 Å². The van der Waals surface area contributed by atoms with Crippen molar-refractivity contribution in [2.45, 2.75) is 32.7 Å². The zero-order valence-corrected chi connectivity index (χ0v) is 13.8.